The number of aromatic nitrogens is 2. The summed E-state index contributed by atoms with van der Waals surface area (Å²) < 4.78 is 14.1. The smallest absolute Gasteiger partial charge is 0.273 e. The molecule has 2 aromatic rings. The van der Waals surface area contributed by atoms with Crippen LogP contribution in [0.2, 0.25) is 0 Å². The van der Waals surface area contributed by atoms with Crippen LogP contribution < -0.4 is 11.2 Å². The minimum Gasteiger partial charge on any atom is -0.273 e. The van der Waals surface area contributed by atoms with Crippen LogP contribution in [-0.4, -0.2) is 9.55 Å². The monoisotopic (exact) mass is 245 g/mol. The molecule has 0 aliphatic rings. The average Bonchev–Trinajstić information content (AvgIpc) is 2.30. The highest BCUT2D eigenvalue weighted by Gasteiger charge is 2.08. The largest absolute Gasteiger partial charge is 0.332 e. The van der Waals surface area contributed by atoms with Crippen molar-refractivity contribution >= 4 is 0 Å². The van der Waals surface area contributed by atoms with Gasteiger partial charge in [0.05, 0.1) is 5.69 Å². The van der Waals surface area contributed by atoms with E-state index < -0.39 is 17.1 Å². The summed E-state index contributed by atoms with van der Waals surface area (Å²) in [4.78, 5) is 24.9. The minimum absolute atomic E-state index is 0.182. The summed E-state index contributed by atoms with van der Waals surface area (Å²) >= 11 is 0. The third-order valence-corrected chi connectivity index (χ3v) is 2.48. The van der Waals surface area contributed by atoms with Crippen LogP contribution in [-0.2, 0) is 0 Å². The topological polar surface area (TPSA) is 78.7 Å². The van der Waals surface area contributed by atoms with Crippen molar-refractivity contribution in [2.24, 2.45) is 0 Å². The Kier molecular flexibility index (Phi) is 2.81. The first kappa shape index (κ1) is 11.8. The molecule has 0 radical (unpaired) electrons. The van der Waals surface area contributed by atoms with Crippen molar-refractivity contribution in [3.63, 3.8) is 0 Å². The van der Waals surface area contributed by atoms with Gasteiger partial charge in [0.1, 0.15) is 17.4 Å². The van der Waals surface area contributed by atoms with Crippen LogP contribution >= 0.6 is 0 Å². The number of H-pyrrole nitrogens is 1. The number of nitriles is 1. The van der Waals surface area contributed by atoms with Gasteiger partial charge in [0, 0.05) is 6.20 Å². The van der Waals surface area contributed by atoms with Crippen LogP contribution in [0.25, 0.3) is 5.69 Å². The summed E-state index contributed by atoms with van der Waals surface area (Å²) in [6.07, 6.45) is 1.14. The van der Waals surface area contributed by atoms with Gasteiger partial charge in [-0.1, -0.05) is 0 Å². The van der Waals surface area contributed by atoms with Crippen molar-refractivity contribution in [2.45, 2.75) is 6.92 Å². The molecule has 6 heteroatoms. The highest BCUT2D eigenvalue weighted by atomic mass is 19.1. The van der Waals surface area contributed by atoms with Crippen LogP contribution in [0, 0.1) is 24.1 Å². The molecule has 18 heavy (non-hydrogen) atoms. The predicted octanol–water partition coefficient (Wildman–Crippen LogP) is 0.845. The van der Waals surface area contributed by atoms with Crippen LogP contribution in [0.4, 0.5) is 4.39 Å². The predicted molar refractivity (Wildman–Crippen MR) is 62.1 cm³/mol. The fourth-order valence-electron chi connectivity index (χ4n) is 1.62. The van der Waals surface area contributed by atoms with Crippen molar-refractivity contribution in [1.82, 2.24) is 9.55 Å². The average molecular weight is 245 g/mol. The molecule has 2 rings (SSSR count). The molecule has 1 aromatic heterocycles. The van der Waals surface area contributed by atoms with E-state index in [9.17, 15) is 14.0 Å². The molecule has 1 aromatic carbocycles. The molecule has 1 N–H and O–H groups in total. The summed E-state index contributed by atoms with van der Waals surface area (Å²) in [5, 5.41) is 8.75. The van der Waals surface area contributed by atoms with E-state index in [1.165, 1.54) is 18.2 Å². The van der Waals surface area contributed by atoms with Crippen LogP contribution in [0.15, 0.2) is 34.0 Å². The lowest BCUT2D eigenvalue weighted by atomic mass is 10.2. The molecule has 0 aliphatic heterocycles. The SMILES string of the molecule is Cc1cc(F)ccc1-n1cc(C#N)c(=O)[nH]c1=O. The Hall–Kier alpha value is -2.68. The van der Waals surface area contributed by atoms with Crippen LogP contribution in [0.3, 0.4) is 0 Å². The second kappa shape index (κ2) is 4.30. The summed E-state index contributed by atoms with van der Waals surface area (Å²) in [6, 6.07) is 5.56. The first-order valence-electron chi connectivity index (χ1n) is 5.05. The van der Waals surface area contributed by atoms with Gasteiger partial charge in [-0.25, -0.2) is 9.18 Å². The Morgan fingerprint density at radius 2 is 2.11 bits per heavy atom. The van der Waals surface area contributed by atoms with Gasteiger partial charge in [0.25, 0.3) is 5.56 Å². The Bertz CT molecular complexity index is 768. The summed E-state index contributed by atoms with van der Waals surface area (Å²) in [6.45, 7) is 1.63. The second-order valence-electron chi connectivity index (χ2n) is 3.71. The molecule has 5 nitrogen and oxygen atoms in total. The van der Waals surface area contributed by atoms with Gasteiger partial charge in [-0.2, -0.15) is 5.26 Å². The third-order valence-electron chi connectivity index (χ3n) is 2.48. The Morgan fingerprint density at radius 1 is 1.39 bits per heavy atom. The quantitative estimate of drug-likeness (QED) is 0.808. The molecule has 1 heterocycles. The number of nitrogens with one attached hydrogen (secondary N) is 1. The van der Waals surface area contributed by atoms with Crippen LogP contribution in [0.5, 0.6) is 0 Å². The number of aryl methyl sites for hydroxylation is 1. The summed E-state index contributed by atoms with van der Waals surface area (Å²) in [5.41, 5.74) is -0.660. The third kappa shape index (κ3) is 1.94. The highest BCUT2D eigenvalue weighted by molar-refractivity contribution is 5.41. The van der Waals surface area contributed by atoms with Gasteiger partial charge in [-0.05, 0) is 30.7 Å². The number of hydrogen-bond donors (Lipinski definition) is 1. The Balaban J connectivity index is 2.76. The van der Waals surface area contributed by atoms with Gasteiger partial charge in [0.15, 0.2) is 0 Å². The lowest BCUT2D eigenvalue weighted by Crippen LogP contribution is -2.30. The minimum atomic E-state index is -0.737. The maximum absolute atomic E-state index is 13.0. The van der Waals surface area contributed by atoms with E-state index in [-0.39, 0.29) is 5.56 Å². The molecule has 0 amide bonds. The zero-order chi connectivity index (χ0) is 13.3. The molecule has 90 valence electrons. The highest BCUT2D eigenvalue weighted by Crippen LogP contribution is 2.13. The number of nitrogens with zero attached hydrogens (tertiary/aromatic N) is 2. The molecule has 0 saturated heterocycles. The molecule has 0 spiro atoms. The van der Waals surface area contributed by atoms with E-state index in [1.807, 2.05) is 4.98 Å². The number of benzene rings is 1. The lowest BCUT2D eigenvalue weighted by molar-refractivity contribution is 0.626. The van der Waals surface area contributed by atoms with Gasteiger partial charge >= 0.3 is 5.69 Å². The van der Waals surface area contributed by atoms with Crippen molar-refractivity contribution in [1.29, 1.82) is 5.26 Å². The molecule has 0 bridgehead atoms. The molecule has 0 atom stereocenters. The molecular formula is C12H8FN3O2. The number of aromatic amines is 1. The van der Waals surface area contributed by atoms with Gasteiger partial charge in [0.2, 0.25) is 0 Å². The summed E-state index contributed by atoms with van der Waals surface area (Å²) in [7, 11) is 0. The number of hydrogen-bond acceptors (Lipinski definition) is 3. The van der Waals surface area contributed by atoms with E-state index >= 15 is 0 Å². The summed E-state index contributed by atoms with van der Waals surface area (Å²) in [5.74, 6) is -0.422. The fraction of sp³-hybridized carbons (Fsp3) is 0.0833. The van der Waals surface area contributed by atoms with Crippen molar-refractivity contribution in [3.8, 4) is 11.8 Å². The Labute approximate surface area is 101 Å². The van der Waals surface area contributed by atoms with E-state index in [0.29, 0.717) is 11.3 Å². The van der Waals surface area contributed by atoms with E-state index in [0.717, 1.165) is 10.8 Å². The lowest BCUT2D eigenvalue weighted by Gasteiger charge is -2.08. The van der Waals surface area contributed by atoms with Crippen LogP contribution in [0.1, 0.15) is 11.1 Å². The van der Waals surface area contributed by atoms with Crippen molar-refractivity contribution in [2.75, 3.05) is 0 Å². The first-order chi connectivity index (χ1) is 8.52. The van der Waals surface area contributed by atoms with Gasteiger partial charge < -0.3 is 0 Å². The normalized spacial score (nSPS) is 10.1. The van der Waals surface area contributed by atoms with E-state index in [4.69, 9.17) is 5.26 Å². The standard InChI is InChI=1S/C12H8FN3O2/c1-7-4-9(13)2-3-10(7)16-6-8(5-14)11(17)15-12(16)18/h2-4,6H,1H3,(H,15,17,18). The fourth-order valence-corrected chi connectivity index (χ4v) is 1.62. The molecular weight excluding hydrogens is 237 g/mol. The van der Waals surface area contributed by atoms with E-state index in [2.05, 4.69) is 0 Å². The van der Waals surface area contributed by atoms with Crippen molar-refractivity contribution < 1.29 is 4.39 Å². The molecule has 0 unspecified atom stereocenters. The van der Waals surface area contributed by atoms with Gasteiger partial charge in [-0.3, -0.25) is 14.3 Å². The number of halogens is 1. The molecule has 0 fully saturated rings. The van der Waals surface area contributed by atoms with Gasteiger partial charge in [-0.15, -0.1) is 0 Å². The zero-order valence-electron chi connectivity index (χ0n) is 9.40. The second-order valence-corrected chi connectivity index (χ2v) is 3.71. The van der Waals surface area contributed by atoms with Crippen molar-refractivity contribution in [3.05, 3.63) is 62.2 Å². The van der Waals surface area contributed by atoms with E-state index in [1.54, 1.807) is 13.0 Å². The number of rotatable bonds is 1. The Morgan fingerprint density at radius 3 is 2.72 bits per heavy atom. The molecule has 0 aliphatic carbocycles. The first-order valence-corrected chi connectivity index (χ1v) is 5.05. The maximum Gasteiger partial charge on any atom is 0.332 e. The zero-order valence-corrected chi connectivity index (χ0v) is 9.40. The molecule has 0 saturated carbocycles. The maximum atomic E-state index is 13.0.